The summed E-state index contributed by atoms with van der Waals surface area (Å²) < 4.78 is 1.72. The van der Waals surface area contributed by atoms with Crippen LogP contribution in [-0.4, -0.2) is 32.8 Å². The lowest BCUT2D eigenvalue weighted by atomic mass is 10.3. The van der Waals surface area contributed by atoms with Crippen LogP contribution in [0.25, 0.3) is 11.0 Å². The van der Waals surface area contributed by atoms with E-state index in [1.807, 2.05) is 31.2 Å². The lowest BCUT2D eigenvalue weighted by Gasteiger charge is -2.14. The van der Waals surface area contributed by atoms with Crippen LogP contribution in [0.15, 0.2) is 24.3 Å². The van der Waals surface area contributed by atoms with Gasteiger partial charge >= 0.3 is 0 Å². The van der Waals surface area contributed by atoms with Crippen molar-refractivity contribution in [1.29, 1.82) is 0 Å². The van der Waals surface area contributed by atoms with Crippen LogP contribution in [0.2, 0.25) is 0 Å². The van der Waals surface area contributed by atoms with E-state index in [4.69, 9.17) is 0 Å². The maximum Gasteiger partial charge on any atom is 0.211 e. The van der Waals surface area contributed by atoms with Crippen LogP contribution in [0.3, 0.4) is 0 Å². The zero-order valence-electron chi connectivity index (χ0n) is 8.50. The molecule has 1 aromatic carbocycles. The smallest absolute Gasteiger partial charge is 0.211 e. The lowest BCUT2D eigenvalue weighted by molar-refractivity contribution is -0.119. The Labute approximate surface area is 87.3 Å². The molecule has 0 bridgehead atoms. The van der Waals surface area contributed by atoms with Gasteiger partial charge < -0.3 is 4.90 Å². The van der Waals surface area contributed by atoms with Crippen molar-refractivity contribution in [2.75, 3.05) is 6.54 Å². The molecule has 5 heteroatoms. The van der Waals surface area contributed by atoms with E-state index < -0.39 is 0 Å². The molecule has 0 fully saturated rings. The number of rotatable bonds is 4. The second-order valence-corrected chi connectivity index (χ2v) is 3.23. The normalized spacial score (nSPS) is 10.5. The summed E-state index contributed by atoms with van der Waals surface area (Å²) in [6, 6.07) is 7.68. The van der Waals surface area contributed by atoms with Crippen LogP contribution in [-0.2, 0) is 11.5 Å². The number of hydrogen-bond donors (Lipinski definition) is 0. The average molecular weight is 204 g/mol. The van der Waals surface area contributed by atoms with Crippen LogP contribution in [0.5, 0.6) is 0 Å². The van der Waals surface area contributed by atoms with Crippen molar-refractivity contribution >= 4 is 17.4 Å². The summed E-state index contributed by atoms with van der Waals surface area (Å²) in [4.78, 5) is 12.3. The number of nitrogens with zero attached hydrogens (tertiary/aromatic N) is 4. The molecule has 0 saturated carbocycles. The Hall–Kier alpha value is -1.91. The summed E-state index contributed by atoms with van der Waals surface area (Å²) >= 11 is 0. The van der Waals surface area contributed by atoms with E-state index in [0.29, 0.717) is 13.2 Å². The number of hydrogen-bond acceptors (Lipinski definition) is 3. The van der Waals surface area contributed by atoms with Crippen molar-refractivity contribution in [1.82, 2.24) is 19.9 Å². The SMILES string of the molecule is CCN(C=O)Cn1nnc2ccccc21. The highest BCUT2D eigenvalue weighted by molar-refractivity contribution is 5.73. The Balaban J connectivity index is 2.32. The molecule has 78 valence electrons. The number of carbonyl (C=O) groups is 1. The van der Waals surface area contributed by atoms with Gasteiger partial charge in [-0.1, -0.05) is 17.3 Å². The fourth-order valence-electron chi connectivity index (χ4n) is 1.40. The minimum atomic E-state index is 0.445. The molecule has 1 amide bonds. The van der Waals surface area contributed by atoms with Crippen LogP contribution in [0.1, 0.15) is 6.92 Å². The minimum Gasteiger partial charge on any atom is -0.326 e. The van der Waals surface area contributed by atoms with Gasteiger partial charge in [-0.3, -0.25) is 4.79 Å². The van der Waals surface area contributed by atoms with Gasteiger partial charge in [0.15, 0.2) is 0 Å². The summed E-state index contributed by atoms with van der Waals surface area (Å²) in [6.07, 6.45) is 0.816. The van der Waals surface area contributed by atoms with Crippen LogP contribution in [0, 0.1) is 0 Å². The topological polar surface area (TPSA) is 51.0 Å². The molecule has 15 heavy (non-hydrogen) atoms. The molecule has 0 radical (unpaired) electrons. The van der Waals surface area contributed by atoms with Crippen LogP contribution >= 0.6 is 0 Å². The third kappa shape index (κ3) is 1.81. The van der Waals surface area contributed by atoms with Gasteiger partial charge in [0.2, 0.25) is 6.41 Å². The molecule has 0 saturated heterocycles. The van der Waals surface area contributed by atoms with Crippen LogP contribution < -0.4 is 0 Å². The first kappa shape index (κ1) is 9.64. The third-order valence-corrected chi connectivity index (χ3v) is 2.29. The molecule has 0 aliphatic rings. The van der Waals surface area contributed by atoms with E-state index in [0.717, 1.165) is 17.4 Å². The molecule has 0 atom stereocenters. The summed E-state index contributed by atoms with van der Waals surface area (Å²) in [5, 5.41) is 8.01. The Morgan fingerprint density at radius 1 is 1.47 bits per heavy atom. The fourth-order valence-corrected chi connectivity index (χ4v) is 1.40. The maximum absolute atomic E-state index is 10.7. The predicted octanol–water partition coefficient (Wildman–Crippen LogP) is 0.867. The van der Waals surface area contributed by atoms with Gasteiger partial charge in [0.05, 0.1) is 5.52 Å². The number of amides is 1. The minimum absolute atomic E-state index is 0.445. The molecular weight excluding hydrogens is 192 g/mol. The summed E-state index contributed by atoms with van der Waals surface area (Å²) in [5.74, 6) is 0. The molecule has 0 N–H and O–H groups in total. The molecular formula is C10H12N4O. The first-order valence-electron chi connectivity index (χ1n) is 4.82. The van der Waals surface area contributed by atoms with Crippen molar-refractivity contribution in [2.24, 2.45) is 0 Å². The van der Waals surface area contributed by atoms with E-state index in [-0.39, 0.29) is 0 Å². The first-order valence-corrected chi connectivity index (χ1v) is 4.82. The third-order valence-electron chi connectivity index (χ3n) is 2.29. The van der Waals surface area contributed by atoms with E-state index in [1.165, 1.54) is 0 Å². The quantitative estimate of drug-likeness (QED) is 0.694. The summed E-state index contributed by atoms with van der Waals surface area (Å²) in [6.45, 7) is 3.03. The van der Waals surface area contributed by atoms with Gasteiger partial charge in [-0.05, 0) is 19.1 Å². The van der Waals surface area contributed by atoms with Gasteiger partial charge in [0.1, 0.15) is 12.2 Å². The highest BCUT2D eigenvalue weighted by Crippen LogP contribution is 2.09. The molecule has 0 aliphatic heterocycles. The van der Waals surface area contributed by atoms with Crippen molar-refractivity contribution in [2.45, 2.75) is 13.6 Å². The van der Waals surface area contributed by atoms with Gasteiger partial charge in [-0.25, -0.2) is 4.68 Å². The molecule has 2 rings (SSSR count). The second kappa shape index (κ2) is 4.08. The molecule has 5 nitrogen and oxygen atoms in total. The Kier molecular flexibility index (Phi) is 2.62. The number of carbonyl (C=O) groups excluding carboxylic acids is 1. The summed E-state index contributed by atoms with van der Waals surface area (Å²) in [7, 11) is 0. The molecule has 1 heterocycles. The maximum atomic E-state index is 10.7. The lowest BCUT2D eigenvalue weighted by Crippen LogP contribution is -2.25. The van der Waals surface area contributed by atoms with Gasteiger partial charge in [0.25, 0.3) is 0 Å². The van der Waals surface area contributed by atoms with Crippen LogP contribution in [0.4, 0.5) is 0 Å². The van der Waals surface area contributed by atoms with Crippen molar-refractivity contribution in [3.8, 4) is 0 Å². The number of benzene rings is 1. The van der Waals surface area contributed by atoms with E-state index in [9.17, 15) is 4.79 Å². The number of aromatic nitrogens is 3. The highest BCUT2D eigenvalue weighted by atomic mass is 16.1. The highest BCUT2D eigenvalue weighted by Gasteiger charge is 2.05. The second-order valence-electron chi connectivity index (χ2n) is 3.23. The largest absolute Gasteiger partial charge is 0.326 e. The monoisotopic (exact) mass is 204 g/mol. The number of fused-ring (bicyclic) bond motifs is 1. The molecule has 2 aromatic rings. The van der Waals surface area contributed by atoms with Gasteiger partial charge in [-0.2, -0.15) is 0 Å². The van der Waals surface area contributed by atoms with Crippen molar-refractivity contribution < 1.29 is 4.79 Å². The Bertz CT molecular complexity index is 465. The zero-order valence-corrected chi connectivity index (χ0v) is 8.50. The standard InChI is InChI=1S/C10H12N4O/c1-2-13(8-15)7-14-10-6-4-3-5-9(10)11-12-14/h3-6,8H,2,7H2,1H3. The van der Waals surface area contributed by atoms with Gasteiger partial charge in [-0.15, -0.1) is 5.10 Å². The molecule has 0 spiro atoms. The van der Waals surface area contributed by atoms with E-state index in [1.54, 1.807) is 9.58 Å². The molecule has 0 aliphatic carbocycles. The zero-order chi connectivity index (χ0) is 10.7. The predicted molar refractivity (Wildman–Crippen MR) is 56.0 cm³/mol. The van der Waals surface area contributed by atoms with Crippen molar-refractivity contribution in [3.63, 3.8) is 0 Å². The van der Waals surface area contributed by atoms with E-state index in [2.05, 4.69) is 10.3 Å². The van der Waals surface area contributed by atoms with Crippen molar-refractivity contribution in [3.05, 3.63) is 24.3 Å². The first-order chi connectivity index (χ1) is 7.35. The van der Waals surface area contributed by atoms with Gasteiger partial charge in [0, 0.05) is 6.54 Å². The summed E-state index contributed by atoms with van der Waals surface area (Å²) in [5.41, 5.74) is 1.79. The molecule has 0 unspecified atom stereocenters. The Morgan fingerprint density at radius 2 is 2.27 bits per heavy atom. The fraction of sp³-hybridized carbons (Fsp3) is 0.300. The molecule has 1 aromatic heterocycles. The van der Waals surface area contributed by atoms with E-state index >= 15 is 0 Å². The number of para-hydroxylation sites is 1. The average Bonchev–Trinajstić information content (AvgIpc) is 2.69. The Morgan fingerprint density at radius 3 is 3.00 bits per heavy atom.